The van der Waals surface area contributed by atoms with Gasteiger partial charge in [-0.15, -0.1) is 0 Å². The molecule has 0 aliphatic rings. The Labute approximate surface area is 147 Å². The molecule has 134 valence electrons. The van der Waals surface area contributed by atoms with Crippen LogP contribution in [0.4, 0.5) is 0 Å². The Bertz CT molecular complexity index is 796. The fourth-order valence-electron chi connectivity index (χ4n) is 2.65. The van der Waals surface area contributed by atoms with Crippen LogP contribution in [0.15, 0.2) is 29.5 Å². The molecule has 0 bridgehead atoms. The predicted octanol–water partition coefficient (Wildman–Crippen LogP) is 1.31. The highest BCUT2D eigenvalue weighted by Crippen LogP contribution is 2.08. The molecule has 0 saturated carbocycles. The lowest BCUT2D eigenvalue weighted by Crippen LogP contribution is -2.36. The molecule has 2 rings (SSSR count). The molecule has 0 aromatic carbocycles. The first kappa shape index (κ1) is 18.8. The molecule has 7 heteroatoms. The quantitative estimate of drug-likeness (QED) is 0.855. The van der Waals surface area contributed by atoms with Gasteiger partial charge in [0.1, 0.15) is 5.56 Å². The van der Waals surface area contributed by atoms with Gasteiger partial charge in [0.05, 0.1) is 24.1 Å². The molecule has 0 radical (unpaired) electrons. The molecule has 25 heavy (non-hydrogen) atoms. The highest BCUT2D eigenvalue weighted by Gasteiger charge is 2.18. The highest BCUT2D eigenvalue weighted by atomic mass is 16.2. The van der Waals surface area contributed by atoms with Crippen molar-refractivity contribution in [2.75, 3.05) is 20.6 Å². The van der Waals surface area contributed by atoms with Crippen LogP contribution in [0.5, 0.6) is 0 Å². The van der Waals surface area contributed by atoms with Gasteiger partial charge in [0.15, 0.2) is 0 Å². The maximum absolute atomic E-state index is 12.8. The average Bonchev–Trinajstić information content (AvgIpc) is 2.53. The van der Waals surface area contributed by atoms with Crippen LogP contribution in [0, 0.1) is 13.8 Å². The highest BCUT2D eigenvalue weighted by molar-refractivity contribution is 5.95. The van der Waals surface area contributed by atoms with E-state index in [0.29, 0.717) is 17.8 Å². The Kier molecular flexibility index (Phi) is 6.03. The van der Waals surface area contributed by atoms with Crippen molar-refractivity contribution in [2.45, 2.75) is 33.4 Å². The number of amides is 1. The maximum Gasteiger partial charge on any atom is 0.263 e. The minimum Gasteiger partial charge on any atom is -0.346 e. The number of pyridine rings is 1. The molecule has 1 N–H and O–H groups in total. The summed E-state index contributed by atoms with van der Waals surface area (Å²) in [6.45, 7) is 6.51. The number of aromatic nitrogens is 3. The van der Waals surface area contributed by atoms with E-state index < -0.39 is 5.91 Å². The van der Waals surface area contributed by atoms with Crippen molar-refractivity contribution in [3.05, 3.63) is 57.5 Å². The minimum atomic E-state index is -0.392. The van der Waals surface area contributed by atoms with Gasteiger partial charge in [0.25, 0.3) is 11.5 Å². The Hall–Kier alpha value is -2.54. The molecule has 2 aromatic heterocycles. The number of carbonyl (C=O) groups is 1. The van der Waals surface area contributed by atoms with E-state index in [2.05, 4.69) is 15.3 Å². The molecule has 1 amide bonds. The van der Waals surface area contributed by atoms with Gasteiger partial charge in [0.2, 0.25) is 0 Å². The Balaban J connectivity index is 2.20. The van der Waals surface area contributed by atoms with Crippen molar-refractivity contribution in [3.8, 4) is 0 Å². The van der Waals surface area contributed by atoms with Gasteiger partial charge in [-0.2, -0.15) is 0 Å². The van der Waals surface area contributed by atoms with Gasteiger partial charge < -0.3 is 14.8 Å². The largest absolute Gasteiger partial charge is 0.346 e. The Morgan fingerprint density at radius 1 is 1.28 bits per heavy atom. The van der Waals surface area contributed by atoms with Crippen molar-refractivity contribution in [3.63, 3.8) is 0 Å². The number of nitrogens with one attached hydrogen (secondary N) is 1. The average molecular weight is 343 g/mol. The van der Waals surface area contributed by atoms with Crippen LogP contribution in [-0.2, 0) is 6.54 Å². The van der Waals surface area contributed by atoms with Gasteiger partial charge in [-0.05, 0) is 46.5 Å². The molecule has 7 nitrogen and oxygen atoms in total. The summed E-state index contributed by atoms with van der Waals surface area (Å²) in [5, 5.41) is 2.76. The summed E-state index contributed by atoms with van der Waals surface area (Å²) < 4.78 is 1.60. The molecule has 0 aliphatic carbocycles. The van der Waals surface area contributed by atoms with Crippen LogP contribution < -0.4 is 10.9 Å². The summed E-state index contributed by atoms with van der Waals surface area (Å²) in [7, 11) is 3.90. The Morgan fingerprint density at radius 2 is 2.00 bits per heavy atom. The number of carbonyl (C=O) groups excluding carboxylic acids is 1. The summed E-state index contributed by atoms with van der Waals surface area (Å²) in [6, 6.07) is 1.77. The molecule has 1 atom stereocenters. The van der Waals surface area contributed by atoms with Crippen molar-refractivity contribution in [2.24, 2.45) is 0 Å². The first-order valence-electron chi connectivity index (χ1n) is 8.21. The molecular weight excluding hydrogens is 318 g/mol. The lowest BCUT2D eigenvalue weighted by Gasteiger charge is -2.20. The van der Waals surface area contributed by atoms with Crippen molar-refractivity contribution >= 4 is 5.91 Å². The molecule has 0 saturated heterocycles. The van der Waals surface area contributed by atoms with E-state index in [-0.39, 0.29) is 23.7 Å². The van der Waals surface area contributed by atoms with E-state index in [4.69, 9.17) is 0 Å². The van der Waals surface area contributed by atoms with Gasteiger partial charge in [-0.3, -0.25) is 19.6 Å². The molecule has 1 unspecified atom stereocenters. The van der Waals surface area contributed by atoms with Crippen molar-refractivity contribution < 1.29 is 4.79 Å². The summed E-state index contributed by atoms with van der Waals surface area (Å²) >= 11 is 0. The predicted molar refractivity (Wildman–Crippen MR) is 96.6 cm³/mol. The number of hydrogen-bond donors (Lipinski definition) is 1. The third-order valence-electron chi connectivity index (χ3n) is 3.92. The lowest BCUT2D eigenvalue weighted by atomic mass is 10.1. The van der Waals surface area contributed by atoms with Gasteiger partial charge in [0, 0.05) is 25.0 Å². The second kappa shape index (κ2) is 8.02. The number of rotatable bonds is 6. The van der Waals surface area contributed by atoms with Gasteiger partial charge in [-0.1, -0.05) is 0 Å². The van der Waals surface area contributed by atoms with Crippen LogP contribution in [-0.4, -0.2) is 46.0 Å². The van der Waals surface area contributed by atoms with E-state index in [1.807, 2.05) is 32.8 Å². The second-order valence-electron chi connectivity index (χ2n) is 6.53. The smallest absolute Gasteiger partial charge is 0.263 e. The molecule has 0 fully saturated rings. The standard InChI is InChI=1S/C18H25N5O2/c1-12-6-7-23(14(3)11-22(4)5)18(25)16(12)17(24)21-10-15-9-19-13(2)8-20-15/h6-9,14H,10-11H2,1-5H3,(H,21,24). The molecule has 2 aromatic rings. The van der Waals surface area contributed by atoms with Crippen molar-refractivity contribution in [1.29, 1.82) is 0 Å². The van der Waals surface area contributed by atoms with E-state index in [9.17, 15) is 9.59 Å². The molecule has 0 aliphatic heterocycles. The topological polar surface area (TPSA) is 80.1 Å². The van der Waals surface area contributed by atoms with Crippen LogP contribution >= 0.6 is 0 Å². The van der Waals surface area contributed by atoms with Crippen LogP contribution in [0.1, 0.15) is 40.3 Å². The zero-order valence-electron chi connectivity index (χ0n) is 15.4. The van der Waals surface area contributed by atoms with E-state index in [1.54, 1.807) is 36.1 Å². The summed E-state index contributed by atoms with van der Waals surface area (Å²) in [4.78, 5) is 35.7. The van der Waals surface area contributed by atoms with Crippen LogP contribution in [0.3, 0.4) is 0 Å². The lowest BCUT2D eigenvalue weighted by molar-refractivity contribution is 0.0947. The summed E-state index contributed by atoms with van der Waals surface area (Å²) in [5.74, 6) is -0.392. The minimum absolute atomic E-state index is 0.0300. The number of likely N-dealkylation sites (N-methyl/N-ethyl adjacent to an activating group) is 1. The maximum atomic E-state index is 12.8. The summed E-state index contributed by atoms with van der Waals surface area (Å²) in [6.07, 6.45) is 5.00. The summed E-state index contributed by atoms with van der Waals surface area (Å²) in [5.41, 5.74) is 2.02. The second-order valence-corrected chi connectivity index (χ2v) is 6.53. The van der Waals surface area contributed by atoms with E-state index in [1.165, 1.54) is 0 Å². The Morgan fingerprint density at radius 3 is 2.60 bits per heavy atom. The molecule has 0 spiro atoms. The third-order valence-corrected chi connectivity index (χ3v) is 3.92. The fraction of sp³-hybridized carbons (Fsp3) is 0.444. The van der Waals surface area contributed by atoms with Gasteiger partial charge in [-0.25, -0.2) is 0 Å². The first-order chi connectivity index (χ1) is 11.8. The van der Waals surface area contributed by atoms with Crippen LogP contribution in [0.25, 0.3) is 0 Å². The molecule has 2 heterocycles. The normalized spacial score (nSPS) is 12.2. The van der Waals surface area contributed by atoms with Crippen molar-refractivity contribution in [1.82, 2.24) is 24.8 Å². The van der Waals surface area contributed by atoms with Crippen LogP contribution in [0.2, 0.25) is 0 Å². The first-order valence-corrected chi connectivity index (χ1v) is 8.21. The zero-order valence-corrected chi connectivity index (χ0v) is 15.4. The zero-order chi connectivity index (χ0) is 18.6. The number of aryl methyl sites for hydroxylation is 2. The monoisotopic (exact) mass is 343 g/mol. The number of hydrogen-bond acceptors (Lipinski definition) is 5. The molecular formula is C18H25N5O2. The number of nitrogens with zero attached hydrogens (tertiary/aromatic N) is 4. The van der Waals surface area contributed by atoms with Gasteiger partial charge >= 0.3 is 0 Å². The van der Waals surface area contributed by atoms with E-state index in [0.717, 1.165) is 5.69 Å². The van der Waals surface area contributed by atoms with E-state index >= 15 is 0 Å². The third kappa shape index (κ3) is 4.73. The SMILES string of the molecule is Cc1cnc(CNC(=O)c2c(C)ccn(C(C)CN(C)C)c2=O)cn1. The fourth-order valence-corrected chi connectivity index (χ4v) is 2.65.